The van der Waals surface area contributed by atoms with E-state index in [-0.39, 0.29) is 5.03 Å². The van der Waals surface area contributed by atoms with E-state index in [1.54, 1.807) is 19.2 Å². The summed E-state index contributed by atoms with van der Waals surface area (Å²) in [7, 11) is -2.19. The summed E-state index contributed by atoms with van der Waals surface area (Å²) < 4.78 is 29.8. The Balaban J connectivity index is 1.92. The minimum absolute atomic E-state index is 0.0946. The molecule has 0 bridgehead atoms. The van der Waals surface area contributed by atoms with E-state index in [4.69, 9.17) is 4.74 Å². The average molecular weight is 348 g/mol. The van der Waals surface area contributed by atoms with Gasteiger partial charge >= 0.3 is 0 Å². The highest BCUT2D eigenvalue weighted by Gasteiger charge is 2.30. The van der Waals surface area contributed by atoms with Gasteiger partial charge in [0.05, 0.1) is 7.11 Å². The van der Waals surface area contributed by atoms with Gasteiger partial charge in [0, 0.05) is 12.7 Å². The van der Waals surface area contributed by atoms with E-state index < -0.39 is 21.0 Å². The number of carbonyl (C=O) groups excluding carboxylic acids is 1. The standard InChI is InChI=1S/C17H20N2O4S/c1-13(24(21,22)16-5-3-4-11-18-16)17(20)19-12-10-14-6-8-15(23-2)9-7-14/h3-9,11,13H,10,12H2,1-2H3,(H,19,20). The summed E-state index contributed by atoms with van der Waals surface area (Å²) in [6.45, 7) is 1.72. The van der Waals surface area contributed by atoms with Gasteiger partial charge in [-0.3, -0.25) is 4.79 Å². The van der Waals surface area contributed by atoms with Crippen LogP contribution in [0.1, 0.15) is 12.5 Å². The lowest BCUT2D eigenvalue weighted by atomic mass is 10.1. The Kier molecular flexibility index (Phi) is 5.92. The van der Waals surface area contributed by atoms with Crippen LogP contribution in [0.15, 0.2) is 53.7 Å². The fraction of sp³-hybridized carbons (Fsp3) is 0.294. The maximum atomic E-state index is 12.3. The molecule has 24 heavy (non-hydrogen) atoms. The lowest BCUT2D eigenvalue weighted by Gasteiger charge is -2.13. The molecule has 0 spiro atoms. The fourth-order valence-corrected chi connectivity index (χ4v) is 3.31. The van der Waals surface area contributed by atoms with Crippen LogP contribution < -0.4 is 10.1 Å². The van der Waals surface area contributed by atoms with Gasteiger partial charge in [-0.25, -0.2) is 13.4 Å². The number of hydrogen-bond acceptors (Lipinski definition) is 5. The molecule has 1 heterocycles. The molecule has 0 aliphatic heterocycles. The molecule has 0 saturated heterocycles. The molecule has 7 heteroatoms. The molecule has 0 fully saturated rings. The molecule has 128 valence electrons. The number of aromatic nitrogens is 1. The molecule has 1 amide bonds. The van der Waals surface area contributed by atoms with Crippen molar-refractivity contribution < 1.29 is 17.9 Å². The molecule has 1 aromatic heterocycles. The number of ether oxygens (including phenoxy) is 1. The van der Waals surface area contributed by atoms with Crippen molar-refractivity contribution in [3.63, 3.8) is 0 Å². The van der Waals surface area contributed by atoms with Gasteiger partial charge in [0.1, 0.15) is 11.0 Å². The lowest BCUT2D eigenvalue weighted by Crippen LogP contribution is -2.39. The van der Waals surface area contributed by atoms with Crippen molar-refractivity contribution in [1.29, 1.82) is 0 Å². The molecule has 0 saturated carbocycles. The first-order valence-electron chi connectivity index (χ1n) is 7.50. The van der Waals surface area contributed by atoms with Crippen LogP contribution >= 0.6 is 0 Å². The maximum absolute atomic E-state index is 12.3. The molecular formula is C17H20N2O4S. The van der Waals surface area contributed by atoms with Crippen molar-refractivity contribution in [2.75, 3.05) is 13.7 Å². The molecule has 1 unspecified atom stereocenters. The van der Waals surface area contributed by atoms with E-state index in [9.17, 15) is 13.2 Å². The van der Waals surface area contributed by atoms with Crippen LogP contribution in [0.25, 0.3) is 0 Å². The van der Waals surface area contributed by atoms with Crippen molar-refractivity contribution in [2.24, 2.45) is 0 Å². The Morgan fingerprint density at radius 1 is 1.21 bits per heavy atom. The monoisotopic (exact) mass is 348 g/mol. The van der Waals surface area contributed by atoms with E-state index in [2.05, 4.69) is 10.3 Å². The van der Waals surface area contributed by atoms with Crippen LogP contribution in [0, 0.1) is 0 Å². The summed E-state index contributed by atoms with van der Waals surface area (Å²) in [5.74, 6) is 0.229. The minimum Gasteiger partial charge on any atom is -0.497 e. The van der Waals surface area contributed by atoms with Crippen LogP contribution in [0.3, 0.4) is 0 Å². The zero-order chi connectivity index (χ0) is 17.6. The molecule has 0 radical (unpaired) electrons. The number of pyridine rings is 1. The van der Waals surface area contributed by atoms with Gasteiger partial charge in [-0.1, -0.05) is 18.2 Å². The predicted molar refractivity (Wildman–Crippen MR) is 90.6 cm³/mol. The Morgan fingerprint density at radius 3 is 2.50 bits per heavy atom. The minimum atomic E-state index is -3.78. The zero-order valence-corrected chi connectivity index (χ0v) is 14.4. The smallest absolute Gasteiger partial charge is 0.238 e. The average Bonchev–Trinajstić information content (AvgIpc) is 2.62. The van der Waals surface area contributed by atoms with Crippen LogP contribution in [-0.2, 0) is 21.1 Å². The van der Waals surface area contributed by atoms with Gasteiger partial charge in [-0.05, 0) is 43.2 Å². The normalized spacial score (nSPS) is 12.4. The number of methoxy groups -OCH3 is 1. The summed E-state index contributed by atoms with van der Waals surface area (Å²) in [6, 6.07) is 12.1. The first kappa shape index (κ1) is 17.9. The second-order valence-electron chi connectivity index (χ2n) is 5.24. The molecule has 0 aliphatic rings. The number of amides is 1. The predicted octanol–water partition coefficient (Wildman–Crippen LogP) is 1.61. The van der Waals surface area contributed by atoms with E-state index in [0.29, 0.717) is 13.0 Å². The van der Waals surface area contributed by atoms with Crippen molar-refractivity contribution in [2.45, 2.75) is 23.6 Å². The van der Waals surface area contributed by atoms with E-state index in [0.717, 1.165) is 11.3 Å². The number of carbonyl (C=O) groups is 1. The third-order valence-corrected chi connectivity index (χ3v) is 5.61. The highest BCUT2D eigenvalue weighted by Crippen LogP contribution is 2.13. The second-order valence-corrected chi connectivity index (χ2v) is 7.46. The van der Waals surface area contributed by atoms with E-state index in [1.165, 1.54) is 19.2 Å². The van der Waals surface area contributed by atoms with Crippen molar-refractivity contribution in [3.05, 3.63) is 54.2 Å². The highest BCUT2D eigenvalue weighted by atomic mass is 32.2. The quantitative estimate of drug-likeness (QED) is 0.822. The number of benzene rings is 1. The summed E-state index contributed by atoms with van der Waals surface area (Å²) in [5.41, 5.74) is 1.02. The SMILES string of the molecule is COc1ccc(CCNC(=O)C(C)S(=O)(=O)c2ccccn2)cc1. The molecule has 1 aromatic carbocycles. The Labute approximate surface area is 141 Å². The van der Waals surface area contributed by atoms with Crippen molar-refractivity contribution >= 4 is 15.7 Å². The first-order chi connectivity index (χ1) is 11.4. The Morgan fingerprint density at radius 2 is 1.92 bits per heavy atom. The van der Waals surface area contributed by atoms with Gasteiger partial charge in [-0.15, -0.1) is 0 Å². The van der Waals surface area contributed by atoms with Crippen LogP contribution in [-0.4, -0.2) is 38.2 Å². The van der Waals surface area contributed by atoms with Crippen LogP contribution in [0.2, 0.25) is 0 Å². The van der Waals surface area contributed by atoms with Crippen molar-refractivity contribution in [3.8, 4) is 5.75 Å². The number of sulfone groups is 1. The maximum Gasteiger partial charge on any atom is 0.238 e. The Bertz CT molecular complexity index is 774. The van der Waals surface area contributed by atoms with Crippen molar-refractivity contribution in [1.82, 2.24) is 10.3 Å². The molecule has 1 N–H and O–H groups in total. The molecule has 2 aromatic rings. The molecular weight excluding hydrogens is 328 g/mol. The summed E-state index contributed by atoms with van der Waals surface area (Å²) >= 11 is 0. The number of rotatable bonds is 7. The molecule has 2 rings (SSSR count). The summed E-state index contributed by atoms with van der Waals surface area (Å²) in [5, 5.41) is 1.37. The lowest BCUT2D eigenvalue weighted by molar-refractivity contribution is -0.120. The van der Waals surface area contributed by atoms with Crippen LogP contribution in [0.5, 0.6) is 5.75 Å². The Hall–Kier alpha value is -2.41. The first-order valence-corrected chi connectivity index (χ1v) is 9.05. The zero-order valence-electron chi connectivity index (χ0n) is 13.6. The van der Waals surface area contributed by atoms with Gasteiger partial charge < -0.3 is 10.1 Å². The third kappa shape index (κ3) is 4.32. The summed E-state index contributed by atoms with van der Waals surface area (Å²) in [4.78, 5) is 15.9. The molecule has 1 atom stereocenters. The molecule has 0 aliphatic carbocycles. The number of nitrogens with one attached hydrogen (secondary N) is 1. The summed E-state index contributed by atoms with van der Waals surface area (Å²) in [6.07, 6.45) is 1.99. The van der Waals surface area contributed by atoms with Gasteiger partial charge in [0.25, 0.3) is 0 Å². The van der Waals surface area contributed by atoms with E-state index in [1.807, 2.05) is 24.3 Å². The highest BCUT2D eigenvalue weighted by molar-refractivity contribution is 7.92. The van der Waals surface area contributed by atoms with Gasteiger partial charge in [-0.2, -0.15) is 0 Å². The van der Waals surface area contributed by atoms with E-state index >= 15 is 0 Å². The molecule has 6 nitrogen and oxygen atoms in total. The third-order valence-electron chi connectivity index (χ3n) is 3.64. The topological polar surface area (TPSA) is 85.4 Å². The largest absolute Gasteiger partial charge is 0.497 e. The number of nitrogens with zero attached hydrogens (tertiary/aromatic N) is 1. The van der Waals surface area contributed by atoms with Gasteiger partial charge in [0.15, 0.2) is 5.03 Å². The van der Waals surface area contributed by atoms with Gasteiger partial charge in [0.2, 0.25) is 15.7 Å². The second kappa shape index (κ2) is 7.92. The van der Waals surface area contributed by atoms with Crippen LogP contribution in [0.4, 0.5) is 0 Å². The number of hydrogen-bond donors (Lipinski definition) is 1. The fourth-order valence-electron chi connectivity index (χ4n) is 2.10.